The van der Waals surface area contributed by atoms with Crippen molar-refractivity contribution in [2.45, 2.75) is 19.5 Å². The van der Waals surface area contributed by atoms with Gasteiger partial charge in [-0.2, -0.15) is 0 Å². The third-order valence-corrected chi connectivity index (χ3v) is 3.45. The van der Waals surface area contributed by atoms with E-state index in [1.54, 1.807) is 11.6 Å². The molecule has 0 spiro atoms. The van der Waals surface area contributed by atoms with Gasteiger partial charge in [-0.1, -0.05) is 0 Å². The molecule has 2 heterocycles. The lowest BCUT2D eigenvalue weighted by atomic mass is 10.2. The van der Waals surface area contributed by atoms with Crippen LogP contribution in [0.5, 0.6) is 0 Å². The Kier molecular flexibility index (Phi) is 3.61. The monoisotopic (exact) mass is 251 g/mol. The van der Waals surface area contributed by atoms with Crippen LogP contribution in [0.25, 0.3) is 0 Å². The lowest BCUT2D eigenvalue weighted by Gasteiger charge is -2.10. The van der Waals surface area contributed by atoms with Gasteiger partial charge in [0.1, 0.15) is 10.6 Å². The van der Waals surface area contributed by atoms with Gasteiger partial charge in [-0.05, 0) is 36.1 Å². The molecule has 0 saturated carbocycles. The first-order chi connectivity index (χ1) is 8.18. The van der Waals surface area contributed by atoms with Crippen molar-refractivity contribution in [2.24, 2.45) is 0 Å². The summed E-state index contributed by atoms with van der Waals surface area (Å²) in [5.74, 6) is -0.0282. The van der Waals surface area contributed by atoms with E-state index in [0.717, 1.165) is 11.3 Å². The van der Waals surface area contributed by atoms with Crippen LogP contribution in [0.15, 0.2) is 34.3 Å². The smallest absolute Gasteiger partial charge is 0.346 e. The molecule has 0 bridgehead atoms. The summed E-state index contributed by atoms with van der Waals surface area (Å²) in [5, 5.41) is 14.0. The first-order valence-corrected chi connectivity index (χ1v) is 6.13. The highest BCUT2D eigenvalue weighted by Gasteiger charge is 2.13. The molecule has 0 aliphatic heterocycles. The average molecular weight is 251 g/mol. The second kappa shape index (κ2) is 5.16. The molecule has 0 fully saturated rings. The van der Waals surface area contributed by atoms with Gasteiger partial charge in [0.25, 0.3) is 0 Å². The molecule has 2 N–H and O–H groups in total. The Morgan fingerprint density at radius 3 is 3.06 bits per heavy atom. The summed E-state index contributed by atoms with van der Waals surface area (Å²) in [4.78, 5) is 11.3. The Hall–Kier alpha value is -1.59. The number of hydrogen-bond acceptors (Lipinski definition) is 4. The van der Waals surface area contributed by atoms with Gasteiger partial charge in [-0.3, -0.25) is 0 Å². The minimum atomic E-state index is -0.873. The molecule has 17 heavy (non-hydrogen) atoms. The molecular weight excluding hydrogens is 238 g/mol. The van der Waals surface area contributed by atoms with E-state index in [0.29, 0.717) is 11.4 Å². The maximum atomic E-state index is 10.9. The van der Waals surface area contributed by atoms with Gasteiger partial charge in [-0.25, -0.2) is 4.79 Å². The number of carbonyl (C=O) groups is 1. The summed E-state index contributed by atoms with van der Waals surface area (Å²) in [6, 6.07) is 5.62. The molecule has 2 rings (SSSR count). The fourth-order valence-electron chi connectivity index (χ4n) is 1.56. The Bertz CT molecular complexity index is 490. The largest absolute Gasteiger partial charge is 0.477 e. The first kappa shape index (κ1) is 11.9. The van der Waals surface area contributed by atoms with Crippen molar-refractivity contribution in [2.75, 3.05) is 0 Å². The molecule has 0 aliphatic carbocycles. The highest BCUT2D eigenvalue weighted by molar-refractivity contribution is 7.12. The van der Waals surface area contributed by atoms with Crippen molar-refractivity contribution in [1.82, 2.24) is 5.32 Å². The summed E-state index contributed by atoms with van der Waals surface area (Å²) >= 11 is 1.24. The van der Waals surface area contributed by atoms with E-state index in [4.69, 9.17) is 9.52 Å². The molecular formula is C12H13NO3S. The predicted octanol–water partition coefficient (Wildman–Crippen LogP) is 2.89. The fraction of sp³-hybridized carbons (Fsp3) is 0.250. The lowest BCUT2D eigenvalue weighted by molar-refractivity contribution is 0.0701. The zero-order valence-electron chi connectivity index (χ0n) is 9.34. The van der Waals surface area contributed by atoms with Crippen LogP contribution in [0.4, 0.5) is 0 Å². The van der Waals surface area contributed by atoms with Gasteiger partial charge in [0, 0.05) is 6.54 Å². The number of carboxylic acids is 1. The Labute approximate surface area is 103 Å². The second-order valence-electron chi connectivity index (χ2n) is 3.70. The normalized spacial score (nSPS) is 12.5. The highest BCUT2D eigenvalue weighted by Crippen LogP contribution is 2.18. The van der Waals surface area contributed by atoms with Crippen molar-refractivity contribution < 1.29 is 14.3 Å². The predicted molar refractivity (Wildman–Crippen MR) is 65.2 cm³/mol. The van der Waals surface area contributed by atoms with Crippen molar-refractivity contribution >= 4 is 17.3 Å². The van der Waals surface area contributed by atoms with Crippen LogP contribution in [0.2, 0.25) is 0 Å². The molecule has 0 radical (unpaired) electrons. The minimum Gasteiger partial charge on any atom is -0.477 e. The summed E-state index contributed by atoms with van der Waals surface area (Å²) in [5.41, 5.74) is 0.806. The van der Waals surface area contributed by atoms with Crippen molar-refractivity contribution in [3.63, 3.8) is 0 Å². The Morgan fingerprint density at radius 2 is 2.41 bits per heavy atom. The zero-order chi connectivity index (χ0) is 12.3. The van der Waals surface area contributed by atoms with Crippen molar-refractivity contribution in [3.8, 4) is 0 Å². The van der Waals surface area contributed by atoms with Gasteiger partial charge in [-0.15, -0.1) is 11.3 Å². The molecule has 5 heteroatoms. The maximum absolute atomic E-state index is 10.9. The van der Waals surface area contributed by atoms with Crippen LogP contribution in [-0.4, -0.2) is 11.1 Å². The number of furan rings is 1. The van der Waals surface area contributed by atoms with E-state index in [2.05, 4.69) is 5.32 Å². The van der Waals surface area contributed by atoms with E-state index in [9.17, 15) is 4.79 Å². The van der Waals surface area contributed by atoms with E-state index >= 15 is 0 Å². The number of rotatable bonds is 5. The molecule has 0 aromatic carbocycles. The van der Waals surface area contributed by atoms with Crippen LogP contribution in [0.3, 0.4) is 0 Å². The quantitative estimate of drug-likeness (QED) is 0.857. The zero-order valence-corrected chi connectivity index (χ0v) is 10.2. The molecule has 0 aliphatic rings. The number of carboxylic acid groups (broad SMARTS) is 1. The summed E-state index contributed by atoms with van der Waals surface area (Å²) < 4.78 is 5.27. The van der Waals surface area contributed by atoms with Crippen molar-refractivity contribution in [1.29, 1.82) is 0 Å². The van der Waals surface area contributed by atoms with Gasteiger partial charge in [0.05, 0.1) is 12.3 Å². The van der Waals surface area contributed by atoms with Crippen LogP contribution < -0.4 is 5.32 Å². The molecule has 0 amide bonds. The Morgan fingerprint density at radius 1 is 1.59 bits per heavy atom. The number of hydrogen-bond donors (Lipinski definition) is 2. The molecule has 0 saturated heterocycles. The number of nitrogens with one attached hydrogen (secondary N) is 1. The minimum absolute atomic E-state index is 0.0616. The SMILES string of the molecule is CC(NCc1ccsc1C(=O)O)c1ccco1. The summed E-state index contributed by atoms with van der Waals surface area (Å²) in [7, 11) is 0. The van der Waals surface area contributed by atoms with E-state index in [1.165, 1.54) is 11.3 Å². The summed E-state index contributed by atoms with van der Waals surface area (Å²) in [6.07, 6.45) is 1.63. The third kappa shape index (κ3) is 2.75. The van der Waals surface area contributed by atoms with E-state index in [-0.39, 0.29) is 6.04 Å². The number of thiophene rings is 1. The maximum Gasteiger partial charge on any atom is 0.346 e. The standard InChI is InChI=1S/C12H13NO3S/c1-8(10-3-2-5-16-10)13-7-9-4-6-17-11(9)12(14)15/h2-6,8,13H,7H2,1H3,(H,14,15). The van der Waals surface area contributed by atoms with Gasteiger partial charge in [0.2, 0.25) is 0 Å². The molecule has 1 unspecified atom stereocenters. The molecule has 2 aromatic heterocycles. The van der Waals surface area contributed by atoms with Crippen LogP contribution in [0, 0.1) is 0 Å². The third-order valence-electron chi connectivity index (χ3n) is 2.51. The second-order valence-corrected chi connectivity index (χ2v) is 4.61. The molecule has 1 atom stereocenters. The summed E-state index contributed by atoms with van der Waals surface area (Å²) in [6.45, 7) is 2.50. The molecule has 4 nitrogen and oxygen atoms in total. The van der Waals surface area contributed by atoms with Crippen LogP contribution >= 0.6 is 11.3 Å². The Balaban J connectivity index is 1.98. The van der Waals surface area contributed by atoms with Crippen molar-refractivity contribution in [3.05, 3.63) is 46.0 Å². The molecule has 2 aromatic rings. The fourth-order valence-corrected chi connectivity index (χ4v) is 2.32. The van der Waals surface area contributed by atoms with Gasteiger partial charge >= 0.3 is 5.97 Å². The highest BCUT2D eigenvalue weighted by atomic mass is 32.1. The van der Waals surface area contributed by atoms with Gasteiger partial charge in [0.15, 0.2) is 0 Å². The van der Waals surface area contributed by atoms with E-state index < -0.39 is 5.97 Å². The molecule has 90 valence electrons. The average Bonchev–Trinajstić information content (AvgIpc) is 2.96. The topological polar surface area (TPSA) is 62.5 Å². The first-order valence-electron chi connectivity index (χ1n) is 5.25. The van der Waals surface area contributed by atoms with E-state index in [1.807, 2.05) is 25.1 Å². The van der Waals surface area contributed by atoms with Gasteiger partial charge < -0.3 is 14.8 Å². The lowest BCUT2D eigenvalue weighted by Crippen LogP contribution is -2.18. The number of aromatic carboxylic acids is 1. The van der Waals surface area contributed by atoms with Crippen LogP contribution in [0.1, 0.15) is 34.0 Å². The van der Waals surface area contributed by atoms with Crippen LogP contribution in [-0.2, 0) is 6.54 Å².